The van der Waals surface area contributed by atoms with Gasteiger partial charge in [0.25, 0.3) is 0 Å². The van der Waals surface area contributed by atoms with Crippen molar-refractivity contribution in [2.24, 2.45) is 0 Å². The van der Waals surface area contributed by atoms with E-state index < -0.39 is 6.10 Å². The molecule has 2 aromatic rings. The van der Waals surface area contributed by atoms with Gasteiger partial charge in [-0.3, -0.25) is 0 Å². The minimum absolute atomic E-state index is 0.366. The van der Waals surface area contributed by atoms with Crippen molar-refractivity contribution in [3.8, 4) is 0 Å². The molecule has 0 radical (unpaired) electrons. The van der Waals surface area contributed by atoms with Gasteiger partial charge >= 0.3 is 0 Å². The summed E-state index contributed by atoms with van der Waals surface area (Å²) in [5.74, 6) is -0.366. The van der Waals surface area contributed by atoms with E-state index >= 15 is 0 Å². The zero-order valence-corrected chi connectivity index (χ0v) is 11.9. The number of aliphatic hydroxyl groups excluding tert-OH is 1. The van der Waals surface area contributed by atoms with Crippen LogP contribution in [0.4, 0.5) is 4.39 Å². The van der Waals surface area contributed by atoms with Crippen LogP contribution in [0.25, 0.3) is 0 Å². The van der Waals surface area contributed by atoms with Gasteiger partial charge in [-0.2, -0.15) is 11.3 Å². The van der Waals surface area contributed by atoms with Crippen molar-refractivity contribution >= 4 is 43.2 Å². The molecule has 1 unspecified atom stereocenters. The molecule has 1 atom stereocenters. The second kappa shape index (κ2) is 4.96. The van der Waals surface area contributed by atoms with Crippen LogP contribution in [0, 0.1) is 5.82 Å². The van der Waals surface area contributed by atoms with E-state index in [1.165, 1.54) is 23.5 Å². The zero-order chi connectivity index (χ0) is 11.7. The summed E-state index contributed by atoms with van der Waals surface area (Å²) in [5.41, 5.74) is 1.29. The molecule has 0 saturated carbocycles. The molecule has 0 bridgehead atoms. The molecule has 0 amide bonds. The fourth-order valence-electron chi connectivity index (χ4n) is 1.40. The number of rotatable bonds is 2. The normalized spacial score (nSPS) is 12.8. The van der Waals surface area contributed by atoms with E-state index in [2.05, 4.69) is 31.9 Å². The number of benzene rings is 1. The number of halogens is 3. The first-order valence-corrected chi connectivity index (χ1v) is 6.96. The maximum absolute atomic E-state index is 13.2. The van der Waals surface area contributed by atoms with Gasteiger partial charge in [0.2, 0.25) is 0 Å². The first-order chi connectivity index (χ1) is 7.58. The van der Waals surface area contributed by atoms with Crippen molar-refractivity contribution < 1.29 is 9.50 Å². The Labute approximate surface area is 113 Å². The first kappa shape index (κ1) is 12.2. The Balaban J connectivity index is 2.41. The van der Waals surface area contributed by atoms with Gasteiger partial charge in [-0.25, -0.2) is 4.39 Å². The van der Waals surface area contributed by atoms with Crippen molar-refractivity contribution in [1.29, 1.82) is 0 Å². The molecule has 0 aliphatic carbocycles. The molecule has 1 N–H and O–H groups in total. The number of hydrogen-bond acceptors (Lipinski definition) is 2. The van der Waals surface area contributed by atoms with Crippen LogP contribution < -0.4 is 0 Å². The fraction of sp³-hybridized carbons (Fsp3) is 0.0909. The number of hydrogen-bond donors (Lipinski definition) is 1. The first-order valence-electron chi connectivity index (χ1n) is 4.43. The molecule has 0 aliphatic rings. The maximum Gasteiger partial charge on any atom is 0.124 e. The summed E-state index contributed by atoms with van der Waals surface area (Å²) >= 11 is 8.03. The highest BCUT2D eigenvalue weighted by atomic mass is 79.9. The summed E-state index contributed by atoms with van der Waals surface area (Å²) in [6.45, 7) is 0. The number of thiophene rings is 1. The van der Waals surface area contributed by atoms with E-state index in [4.69, 9.17) is 0 Å². The van der Waals surface area contributed by atoms with Gasteiger partial charge in [0, 0.05) is 19.9 Å². The van der Waals surface area contributed by atoms with E-state index in [-0.39, 0.29) is 5.82 Å². The monoisotopic (exact) mass is 364 g/mol. The molecule has 16 heavy (non-hydrogen) atoms. The SMILES string of the molecule is OC(c1cc(F)cc(Br)c1)c1cscc1Br. The molecular formula is C11H7Br2FOS. The second-order valence-electron chi connectivity index (χ2n) is 3.28. The summed E-state index contributed by atoms with van der Waals surface area (Å²) in [4.78, 5) is 0. The lowest BCUT2D eigenvalue weighted by Gasteiger charge is -2.11. The van der Waals surface area contributed by atoms with Crippen LogP contribution in [-0.2, 0) is 0 Å². The van der Waals surface area contributed by atoms with Crippen LogP contribution in [0.1, 0.15) is 17.2 Å². The highest BCUT2D eigenvalue weighted by Crippen LogP contribution is 2.32. The van der Waals surface area contributed by atoms with Gasteiger partial charge < -0.3 is 5.11 Å². The molecule has 0 spiro atoms. The van der Waals surface area contributed by atoms with Crippen molar-refractivity contribution in [3.05, 3.63) is 54.8 Å². The third kappa shape index (κ3) is 2.53. The topological polar surface area (TPSA) is 20.2 Å². The van der Waals surface area contributed by atoms with Crippen LogP contribution in [-0.4, -0.2) is 5.11 Å². The summed E-state index contributed by atoms with van der Waals surface area (Å²) in [7, 11) is 0. The summed E-state index contributed by atoms with van der Waals surface area (Å²) in [6.07, 6.45) is -0.812. The Morgan fingerprint density at radius 2 is 1.94 bits per heavy atom. The zero-order valence-electron chi connectivity index (χ0n) is 7.95. The quantitative estimate of drug-likeness (QED) is 0.831. The van der Waals surface area contributed by atoms with Crippen molar-refractivity contribution in [1.82, 2.24) is 0 Å². The second-order valence-corrected chi connectivity index (χ2v) is 5.79. The highest BCUT2D eigenvalue weighted by Gasteiger charge is 2.15. The van der Waals surface area contributed by atoms with Crippen LogP contribution in [0.3, 0.4) is 0 Å². The predicted molar refractivity (Wildman–Crippen MR) is 70.2 cm³/mol. The molecular weight excluding hydrogens is 359 g/mol. The minimum atomic E-state index is -0.812. The number of aliphatic hydroxyl groups is 1. The lowest BCUT2D eigenvalue weighted by Crippen LogP contribution is -1.99. The van der Waals surface area contributed by atoms with Gasteiger partial charge in [-0.1, -0.05) is 15.9 Å². The third-order valence-corrected chi connectivity index (χ3v) is 4.35. The van der Waals surface area contributed by atoms with Crippen LogP contribution >= 0.6 is 43.2 Å². The lowest BCUT2D eigenvalue weighted by molar-refractivity contribution is 0.219. The van der Waals surface area contributed by atoms with Crippen LogP contribution in [0.15, 0.2) is 37.9 Å². The largest absolute Gasteiger partial charge is 0.384 e. The summed E-state index contributed by atoms with van der Waals surface area (Å²) in [6, 6.07) is 4.40. The Hall–Kier alpha value is -0.230. The van der Waals surface area contributed by atoms with E-state index in [9.17, 15) is 9.50 Å². The van der Waals surface area contributed by atoms with E-state index in [1.807, 2.05) is 10.8 Å². The third-order valence-electron chi connectivity index (χ3n) is 2.14. The molecule has 0 fully saturated rings. The molecule has 1 aromatic heterocycles. The molecule has 0 aliphatic heterocycles. The van der Waals surface area contributed by atoms with E-state index in [1.54, 1.807) is 6.07 Å². The standard InChI is InChI=1S/C11H7Br2FOS/c12-7-1-6(2-8(14)3-7)11(15)9-4-16-5-10(9)13/h1-5,11,15H. The van der Waals surface area contributed by atoms with Gasteiger partial charge in [0.15, 0.2) is 0 Å². The van der Waals surface area contributed by atoms with E-state index in [0.29, 0.717) is 10.0 Å². The van der Waals surface area contributed by atoms with Gasteiger partial charge in [0.05, 0.1) is 0 Å². The summed E-state index contributed by atoms with van der Waals surface area (Å²) < 4.78 is 14.6. The molecule has 2 rings (SSSR count). The molecule has 84 valence electrons. The average Bonchev–Trinajstić information content (AvgIpc) is 2.62. The fourth-order valence-corrected chi connectivity index (χ4v) is 3.41. The Morgan fingerprint density at radius 3 is 2.50 bits per heavy atom. The Bertz CT molecular complexity index is 492. The minimum Gasteiger partial charge on any atom is -0.384 e. The molecule has 1 heterocycles. The van der Waals surface area contributed by atoms with Crippen molar-refractivity contribution in [2.75, 3.05) is 0 Å². The molecule has 1 aromatic carbocycles. The Morgan fingerprint density at radius 1 is 1.19 bits per heavy atom. The molecule has 1 nitrogen and oxygen atoms in total. The van der Waals surface area contributed by atoms with Crippen molar-refractivity contribution in [2.45, 2.75) is 6.10 Å². The van der Waals surface area contributed by atoms with Crippen molar-refractivity contribution in [3.63, 3.8) is 0 Å². The smallest absolute Gasteiger partial charge is 0.124 e. The van der Waals surface area contributed by atoms with Crippen LogP contribution in [0.5, 0.6) is 0 Å². The Kier molecular flexibility index (Phi) is 3.79. The van der Waals surface area contributed by atoms with Gasteiger partial charge in [-0.15, -0.1) is 0 Å². The maximum atomic E-state index is 13.2. The van der Waals surface area contributed by atoms with E-state index in [0.717, 1.165) is 10.0 Å². The van der Waals surface area contributed by atoms with Gasteiger partial charge in [0.1, 0.15) is 11.9 Å². The van der Waals surface area contributed by atoms with Crippen LogP contribution in [0.2, 0.25) is 0 Å². The highest BCUT2D eigenvalue weighted by molar-refractivity contribution is 9.10. The molecule has 5 heteroatoms. The molecule has 0 saturated heterocycles. The lowest BCUT2D eigenvalue weighted by atomic mass is 10.0. The average molecular weight is 366 g/mol. The summed E-state index contributed by atoms with van der Waals surface area (Å²) in [5, 5.41) is 13.8. The van der Waals surface area contributed by atoms with Gasteiger partial charge in [-0.05, 0) is 45.1 Å². The predicted octanol–water partition coefficient (Wildman–Crippen LogP) is 4.49.